The topological polar surface area (TPSA) is 87.5 Å². The highest BCUT2D eigenvalue weighted by Gasteiger charge is 2.16. The molecule has 7 nitrogen and oxygen atoms in total. The molecular formula is C15H16F2N4O3. The van der Waals surface area contributed by atoms with Crippen LogP contribution in [0.1, 0.15) is 28.3 Å². The number of carbonyl (C=O) groups is 2. The van der Waals surface area contributed by atoms with Crippen molar-refractivity contribution in [2.24, 2.45) is 0 Å². The number of rotatable bonds is 6. The van der Waals surface area contributed by atoms with E-state index in [-0.39, 0.29) is 24.5 Å². The number of alkyl halides is 2. The van der Waals surface area contributed by atoms with E-state index in [1.54, 1.807) is 12.1 Å². The second kappa shape index (κ2) is 7.53. The first kappa shape index (κ1) is 17.4. The highest BCUT2D eigenvalue weighted by atomic mass is 19.3. The number of hydrogen-bond donors (Lipinski definition) is 2. The van der Waals surface area contributed by atoms with Crippen LogP contribution in [0, 0.1) is 0 Å². The van der Waals surface area contributed by atoms with Crippen LogP contribution in [0.4, 0.5) is 13.6 Å². The molecule has 1 heterocycles. The van der Waals surface area contributed by atoms with Crippen LogP contribution < -0.4 is 5.32 Å². The lowest BCUT2D eigenvalue weighted by molar-refractivity contribution is 0.0650. The van der Waals surface area contributed by atoms with Crippen molar-refractivity contribution in [3.8, 4) is 0 Å². The van der Waals surface area contributed by atoms with Crippen LogP contribution in [0.3, 0.4) is 0 Å². The quantitative estimate of drug-likeness (QED) is 0.846. The van der Waals surface area contributed by atoms with Gasteiger partial charge >= 0.3 is 18.5 Å². The Bertz CT molecular complexity index is 716. The van der Waals surface area contributed by atoms with Crippen molar-refractivity contribution in [2.75, 3.05) is 7.05 Å². The molecule has 0 unspecified atom stereocenters. The predicted octanol–water partition coefficient (Wildman–Crippen LogP) is 2.32. The summed E-state index contributed by atoms with van der Waals surface area (Å²) < 4.78 is 26.2. The molecule has 0 saturated heterocycles. The highest BCUT2D eigenvalue weighted by Crippen LogP contribution is 2.13. The van der Waals surface area contributed by atoms with Gasteiger partial charge in [0.05, 0.1) is 12.1 Å². The summed E-state index contributed by atoms with van der Waals surface area (Å²) in [4.78, 5) is 27.8. The van der Waals surface area contributed by atoms with Crippen molar-refractivity contribution in [3.63, 3.8) is 0 Å². The van der Waals surface area contributed by atoms with Gasteiger partial charge in [-0.3, -0.25) is 4.57 Å². The first-order chi connectivity index (χ1) is 11.4. The minimum Gasteiger partial charge on any atom is -0.478 e. The molecule has 0 aliphatic carbocycles. The van der Waals surface area contributed by atoms with Gasteiger partial charge in [-0.2, -0.15) is 8.78 Å². The van der Waals surface area contributed by atoms with Gasteiger partial charge in [0.25, 0.3) is 0 Å². The lowest BCUT2D eigenvalue weighted by Crippen LogP contribution is -2.37. The zero-order valence-corrected chi connectivity index (χ0v) is 12.8. The molecule has 9 heteroatoms. The normalized spacial score (nSPS) is 10.7. The van der Waals surface area contributed by atoms with Gasteiger partial charge in [0.2, 0.25) is 0 Å². The molecule has 2 amide bonds. The standard InChI is InChI=1S/C15H16F2N4O3/c1-20(9-12-18-6-7-21(12)14(16)17)15(24)19-8-10-2-4-11(5-3-10)13(22)23/h2-7,14H,8-9H2,1H3,(H,19,24)(H,22,23). The summed E-state index contributed by atoms with van der Waals surface area (Å²) in [5.74, 6) is -0.951. The van der Waals surface area contributed by atoms with E-state index in [0.29, 0.717) is 4.57 Å². The summed E-state index contributed by atoms with van der Waals surface area (Å²) in [6.07, 6.45) is 2.40. The molecule has 2 aromatic rings. The van der Waals surface area contributed by atoms with Crippen LogP contribution in [0.15, 0.2) is 36.7 Å². The van der Waals surface area contributed by atoms with Crippen molar-refractivity contribution in [2.45, 2.75) is 19.6 Å². The Labute approximate surface area is 136 Å². The lowest BCUT2D eigenvalue weighted by atomic mass is 10.1. The smallest absolute Gasteiger partial charge is 0.335 e. The summed E-state index contributed by atoms with van der Waals surface area (Å²) in [6, 6.07) is 5.60. The Hall–Kier alpha value is -2.97. The molecule has 24 heavy (non-hydrogen) atoms. The lowest BCUT2D eigenvalue weighted by Gasteiger charge is -2.18. The monoisotopic (exact) mass is 338 g/mol. The van der Waals surface area contributed by atoms with Crippen LogP contribution in [0.5, 0.6) is 0 Å². The van der Waals surface area contributed by atoms with Crippen molar-refractivity contribution >= 4 is 12.0 Å². The largest absolute Gasteiger partial charge is 0.478 e. The summed E-state index contributed by atoms with van der Waals surface area (Å²) in [5.41, 5.74) is 0.872. The van der Waals surface area contributed by atoms with Gasteiger partial charge in [-0.1, -0.05) is 12.1 Å². The molecule has 0 atom stereocenters. The second-order valence-electron chi connectivity index (χ2n) is 5.05. The zero-order chi connectivity index (χ0) is 17.7. The van der Waals surface area contributed by atoms with Gasteiger partial charge in [-0.05, 0) is 17.7 Å². The van der Waals surface area contributed by atoms with Crippen molar-refractivity contribution in [1.82, 2.24) is 19.8 Å². The molecule has 0 spiro atoms. The van der Waals surface area contributed by atoms with E-state index in [1.807, 2.05) is 0 Å². The van der Waals surface area contributed by atoms with Crippen molar-refractivity contribution < 1.29 is 23.5 Å². The number of urea groups is 1. The Morgan fingerprint density at radius 2 is 2.00 bits per heavy atom. The molecule has 0 fully saturated rings. The molecule has 0 saturated carbocycles. The molecule has 128 valence electrons. The number of carbonyl (C=O) groups excluding carboxylic acids is 1. The fourth-order valence-electron chi connectivity index (χ4n) is 2.01. The number of imidazole rings is 1. The van der Waals surface area contributed by atoms with E-state index in [4.69, 9.17) is 5.11 Å². The first-order valence-electron chi connectivity index (χ1n) is 6.99. The van der Waals surface area contributed by atoms with E-state index in [9.17, 15) is 18.4 Å². The van der Waals surface area contributed by atoms with Crippen LogP contribution in [0.25, 0.3) is 0 Å². The van der Waals surface area contributed by atoms with E-state index in [2.05, 4.69) is 10.3 Å². The van der Waals surface area contributed by atoms with Gasteiger partial charge in [-0.15, -0.1) is 0 Å². The van der Waals surface area contributed by atoms with E-state index < -0.39 is 18.5 Å². The number of carboxylic acids is 1. The summed E-state index contributed by atoms with van der Waals surface area (Å²) in [6.45, 7) is -2.60. The van der Waals surface area contributed by atoms with Gasteiger partial charge < -0.3 is 15.3 Å². The molecule has 0 radical (unpaired) electrons. The highest BCUT2D eigenvalue weighted by molar-refractivity contribution is 5.87. The molecule has 2 rings (SSSR count). The van der Waals surface area contributed by atoms with Crippen molar-refractivity contribution in [3.05, 3.63) is 53.6 Å². The summed E-state index contributed by atoms with van der Waals surface area (Å²) >= 11 is 0. The second-order valence-corrected chi connectivity index (χ2v) is 5.05. The van der Waals surface area contributed by atoms with Gasteiger partial charge in [0.1, 0.15) is 5.82 Å². The first-order valence-corrected chi connectivity index (χ1v) is 6.99. The summed E-state index contributed by atoms with van der Waals surface area (Å²) in [5, 5.41) is 11.4. The number of hydrogen-bond acceptors (Lipinski definition) is 3. The van der Waals surface area contributed by atoms with Gasteiger partial charge in [-0.25, -0.2) is 14.6 Å². The molecule has 0 aliphatic rings. The fraction of sp³-hybridized carbons (Fsp3) is 0.267. The number of carboxylic acid groups (broad SMARTS) is 1. The van der Waals surface area contributed by atoms with E-state index in [1.165, 1.54) is 30.3 Å². The number of halogens is 2. The van der Waals surface area contributed by atoms with Gasteiger partial charge in [0, 0.05) is 26.0 Å². The fourth-order valence-corrected chi connectivity index (χ4v) is 2.01. The van der Waals surface area contributed by atoms with E-state index >= 15 is 0 Å². The zero-order valence-electron chi connectivity index (χ0n) is 12.8. The van der Waals surface area contributed by atoms with Gasteiger partial charge in [0.15, 0.2) is 0 Å². The SMILES string of the molecule is CN(Cc1nccn1C(F)F)C(=O)NCc1ccc(C(=O)O)cc1. The van der Waals surface area contributed by atoms with E-state index in [0.717, 1.165) is 11.8 Å². The third kappa shape index (κ3) is 4.28. The molecular weight excluding hydrogens is 322 g/mol. The summed E-state index contributed by atoms with van der Waals surface area (Å²) in [7, 11) is 1.47. The average molecular weight is 338 g/mol. The maximum atomic E-state index is 12.7. The van der Waals surface area contributed by atoms with Crippen LogP contribution in [-0.4, -0.2) is 38.6 Å². The number of aromatic carboxylic acids is 1. The molecule has 2 N–H and O–H groups in total. The van der Waals surface area contributed by atoms with Crippen molar-refractivity contribution in [1.29, 1.82) is 0 Å². The maximum absolute atomic E-state index is 12.7. The third-order valence-corrected chi connectivity index (χ3v) is 3.33. The minimum atomic E-state index is -2.72. The predicted molar refractivity (Wildman–Crippen MR) is 80.6 cm³/mol. The van der Waals surface area contributed by atoms with Crippen LogP contribution in [0.2, 0.25) is 0 Å². The third-order valence-electron chi connectivity index (χ3n) is 3.33. The average Bonchev–Trinajstić information content (AvgIpc) is 3.01. The molecule has 1 aromatic carbocycles. The van der Waals surface area contributed by atoms with Crippen LogP contribution >= 0.6 is 0 Å². The Kier molecular flexibility index (Phi) is 5.46. The number of nitrogens with zero attached hydrogens (tertiary/aromatic N) is 3. The number of amides is 2. The maximum Gasteiger partial charge on any atom is 0.335 e. The Morgan fingerprint density at radius 1 is 1.33 bits per heavy atom. The Balaban J connectivity index is 1.89. The number of benzene rings is 1. The number of aromatic nitrogens is 2. The minimum absolute atomic E-state index is 0.0683. The number of nitrogens with one attached hydrogen (secondary N) is 1. The Morgan fingerprint density at radius 3 is 2.58 bits per heavy atom. The molecule has 0 bridgehead atoms. The van der Waals surface area contributed by atoms with Crippen LogP contribution in [-0.2, 0) is 13.1 Å². The molecule has 1 aromatic heterocycles. The molecule has 0 aliphatic heterocycles.